The summed E-state index contributed by atoms with van der Waals surface area (Å²) in [5.74, 6) is -0.824. The van der Waals surface area contributed by atoms with Crippen LogP contribution in [0.4, 0.5) is 8.78 Å². The van der Waals surface area contributed by atoms with Gasteiger partial charge in [-0.05, 0) is 36.1 Å². The lowest BCUT2D eigenvalue weighted by atomic mass is 10.1. The SMILES string of the molecule is CN(C)C(=O)[C@@H]1CSCN1C(=O)[C@H]1C[C@@H]1c1cc(F)ccc1F. The maximum Gasteiger partial charge on any atom is 0.245 e. The molecule has 1 saturated heterocycles. The van der Waals surface area contributed by atoms with Gasteiger partial charge in [0.05, 0.1) is 5.88 Å². The average Bonchev–Trinajstić information content (AvgIpc) is 3.15. The van der Waals surface area contributed by atoms with E-state index in [4.69, 9.17) is 0 Å². The van der Waals surface area contributed by atoms with Gasteiger partial charge in [-0.25, -0.2) is 8.78 Å². The van der Waals surface area contributed by atoms with Gasteiger partial charge in [0, 0.05) is 25.8 Å². The number of thioether (sulfide) groups is 1. The van der Waals surface area contributed by atoms with E-state index in [1.165, 1.54) is 16.7 Å². The summed E-state index contributed by atoms with van der Waals surface area (Å²) in [6.45, 7) is 0. The fourth-order valence-electron chi connectivity index (χ4n) is 2.99. The van der Waals surface area contributed by atoms with E-state index in [0.29, 0.717) is 18.1 Å². The lowest BCUT2D eigenvalue weighted by Crippen LogP contribution is -2.47. The first-order valence-corrected chi connectivity index (χ1v) is 8.60. The van der Waals surface area contributed by atoms with Gasteiger partial charge in [0.2, 0.25) is 11.8 Å². The van der Waals surface area contributed by atoms with Crippen molar-refractivity contribution in [3.05, 3.63) is 35.4 Å². The van der Waals surface area contributed by atoms with Gasteiger partial charge in [-0.2, -0.15) is 0 Å². The highest BCUT2D eigenvalue weighted by Gasteiger charge is 2.49. The zero-order chi connectivity index (χ0) is 16.7. The molecule has 7 heteroatoms. The minimum atomic E-state index is -0.503. The standard InChI is InChI=1S/C16H18F2N2O2S/c1-19(2)16(22)14-7-23-8-20(14)15(21)12-6-10(12)11-5-9(17)3-4-13(11)18/h3-5,10,12,14H,6-8H2,1-2H3/t10-,12+,14+/m1/s1. The first kappa shape index (κ1) is 16.2. The van der Waals surface area contributed by atoms with Crippen LogP contribution in [0.25, 0.3) is 0 Å². The minimum Gasteiger partial charge on any atom is -0.347 e. The summed E-state index contributed by atoms with van der Waals surface area (Å²) in [4.78, 5) is 27.9. The number of benzene rings is 1. The van der Waals surface area contributed by atoms with Crippen molar-refractivity contribution >= 4 is 23.6 Å². The number of rotatable bonds is 3. The Labute approximate surface area is 137 Å². The van der Waals surface area contributed by atoms with Crippen LogP contribution in [0.1, 0.15) is 17.9 Å². The zero-order valence-corrected chi connectivity index (χ0v) is 13.8. The predicted octanol–water partition coefficient (Wildman–Crippen LogP) is 2.06. The van der Waals surface area contributed by atoms with E-state index in [2.05, 4.69) is 0 Å². The molecule has 1 saturated carbocycles. The lowest BCUT2D eigenvalue weighted by molar-refractivity contribution is -0.142. The maximum absolute atomic E-state index is 13.8. The van der Waals surface area contributed by atoms with E-state index < -0.39 is 17.7 Å². The Hall–Kier alpha value is -1.63. The maximum atomic E-state index is 13.8. The Balaban J connectivity index is 1.73. The van der Waals surface area contributed by atoms with Gasteiger partial charge in [0.1, 0.15) is 17.7 Å². The molecule has 3 atom stereocenters. The van der Waals surface area contributed by atoms with Gasteiger partial charge in [-0.1, -0.05) is 0 Å². The summed E-state index contributed by atoms with van der Waals surface area (Å²) in [5.41, 5.74) is 0.255. The first-order chi connectivity index (χ1) is 10.9. The van der Waals surface area contributed by atoms with Crippen LogP contribution in [-0.2, 0) is 9.59 Å². The quantitative estimate of drug-likeness (QED) is 0.846. The van der Waals surface area contributed by atoms with Crippen molar-refractivity contribution in [2.24, 2.45) is 5.92 Å². The van der Waals surface area contributed by atoms with E-state index in [0.717, 1.165) is 18.2 Å². The summed E-state index contributed by atoms with van der Waals surface area (Å²) in [6.07, 6.45) is 0.503. The zero-order valence-electron chi connectivity index (χ0n) is 13.0. The van der Waals surface area contributed by atoms with Crippen LogP contribution in [0.5, 0.6) is 0 Å². The molecule has 0 spiro atoms. The molecule has 1 aromatic carbocycles. The third-order valence-corrected chi connectivity index (χ3v) is 5.37. The Morgan fingerprint density at radius 1 is 1.30 bits per heavy atom. The van der Waals surface area contributed by atoms with Crippen LogP contribution in [0.15, 0.2) is 18.2 Å². The number of carbonyl (C=O) groups excluding carboxylic acids is 2. The highest BCUT2D eigenvalue weighted by Crippen LogP contribution is 2.50. The first-order valence-electron chi connectivity index (χ1n) is 7.44. The van der Waals surface area contributed by atoms with Crippen molar-refractivity contribution in [2.45, 2.75) is 18.4 Å². The molecule has 2 aliphatic rings. The van der Waals surface area contributed by atoms with Crippen molar-refractivity contribution < 1.29 is 18.4 Å². The predicted molar refractivity (Wildman–Crippen MR) is 83.9 cm³/mol. The largest absolute Gasteiger partial charge is 0.347 e. The normalized spacial score (nSPS) is 26.3. The number of hydrogen-bond acceptors (Lipinski definition) is 3. The molecule has 1 heterocycles. The second-order valence-corrected chi connectivity index (χ2v) is 7.17. The van der Waals surface area contributed by atoms with Gasteiger partial charge in [-0.15, -0.1) is 11.8 Å². The molecule has 2 fully saturated rings. The molecule has 0 bridgehead atoms. The van der Waals surface area contributed by atoms with Crippen LogP contribution >= 0.6 is 11.8 Å². The smallest absolute Gasteiger partial charge is 0.245 e. The average molecular weight is 340 g/mol. The summed E-state index contributed by atoms with van der Waals surface area (Å²) in [6, 6.07) is 2.87. The van der Waals surface area contributed by atoms with Gasteiger partial charge >= 0.3 is 0 Å². The monoisotopic (exact) mass is 340 g/mol. The van der Waals surface area contributed by atoms with Gasteiger partial charge in [0.15, 0.2) is 0 Å². The van der Waals surface area contributed by atoms with Gasteiger partial charge in [-0.3, -0.25) is 9.59 Å². The van der Waals surface area contributed by atoms with Crippen molar-refractivity contribution in [3.63, 3.8) is 0 Å². The molecule has 1 aliphatic heterocycles. The van der Waals surface area contributed by atoms with Crippen LogP contribution in [0.2, 0.25) is 0 Å². The molecule has 2 amide bonds. The summed E-state index contributed by atoms with van der Waals surface area (Å²) < 4.78 is 27.1. The summed E-state index contributed by atoms with van der Waals surface area (Å²) in [5, 5.41) is 0. The molecule has 1 aliphatic carbocycles. The highest BCUT2D eigenvalue weighted by atomic mass is 32.2. The van der Waals surface area contributed by atoms with E-state index in [1.54, 1.807) is 19.0 Å². The molecular formula is C16H18F2N2O2S. The summed E-state index contributed by atoms with van der Waals surface area (Å²) >= 11 is 1.54. The molecule has 1 aromatic rings. The molecular weight excluding hydrogens is 322 g/mol. The van der Waals surface area contributed by atoms with Gasteiger partial charge < -0.3 is 9.80 Å². The second kappa shape index (κ2) is 6.11. The lowest BCUT2D eigenvalue weighted by Gasteiger charge is -2.25. The molecule has 0 radical (unpaired) electrons. The Kier molecular flexibility index (Phi) is 4.31. The molecule has 3 rings (SSSR count). The van der Waals surface area contributed by atoms with Gasteiger partial charge in [0.25, 0.3) is 0 Å². The van der Waals surface area contributed by atoms with Crippen molar-refractivity contribution in [3.8, 4) is 0 Å². The molecule has 0 N–H and O–H groups in total. The third-order valence-electron chi connectivity index (χ3n) is 4.36. The van der Waals surface area contributed by atoms with E-state index in [-0.39, 0.29) is 29.2 Å². The van der Waals surface area contributed by atoms with Crippen molar-refractivity contribution in [1.29, 1.82) is 0 Å². The second-order valence-electron chi connectivity index (χ2n) is 6.17. The van der Waals surface area contributed by atoms with E-state index >= 15 is 0 Å². The van der Waals surface area contributed by atoms with Crippen LogP contribution in [0, 0.1) is 17.6 Å². The third kappa shape index (κ3) is 3.06. The van der Waals surface area contributed by atoms with Crippen LogP contribution in [-0.4, -0.2) is 53.4 Å². The number of carbonyl (C=O) groups is 2. The number of hydrogen-bond donors (Lipinski definition) is 0. The molecule has 23 heavy (non-hydrogen) atoms. The van der Waals surface area contributed by atoms with E-state index in [1.807, 2.05) is 0 Å². The van der Waals surface area contributed by atoms with Crippen LogP contribution < -0.4 is 0 Å². The molecule has 0 unspecified atom stereocenters. The van der Waals surface area contributed by atoms with Crippen LogP contribution in [0.3, 0.4) is 0 Å². The van der Waals surface area contributed by atoms with Crippen molar-refractivity contribution in [2.75, 3.05) is 25.7 Å². The fourth-order valence-corrected chi connectivity index (χ4v) is 4.14. The molecule has 0 aromatic heterocycles. The number of halogens is 2. The topological polar surface area (TPSA) is 40.6 Å². The molecule has 124 valence electrons. The Morgan fingerprint density at radius 3 is 2.74 bits per heavy atom. The number of nitrogens with zero attached hydrogens (tertiary/aromatic N) is 2. The highest BCUT2D eigenvalue weighted by molar-refractivity contribution is 7.99. The fraction of sp³-hybridized carbons (Fsp3) is 0.500. The summed E-state index contributed by atoms with van der Waals surface area (Å²) in [7, 11) is 3.33. The Bertz CT molecular complexity index is 653. The number of amides is 2. The minimum absolute atomic E-state index is 0.0995. The van der Waals surface area contributed by atoms with E-state index in [9.17, 15) is 18.4 Å². The van der Waals surface area contributed by atoms with Crippen molar-refractivity contribution in [1.82, 2.24) is 9.80 Å². The molecule has 4 nitrogen and oxygen atoms in total. The Morgan fingerprint density at radius 2 is 2.04 bits per heavy atom. The number of likely N-dealkylation sites (N-methyl/N-ethyl adjacent to an activating group) is 1.